The van der Waals surface area contributed by atoms with Crippen LogP contribution < -0.4 is 0 Å². The average Bonchev–Trinajstić information content (AvgIpc) is 2.60. The van der Waals surface area contributed by atoms with Crippen molar-refractivity contribution in [3.05, 3.63) is 0 Å². The van der Waals surface area contributed by atoms with E-state index in [4.69, 9.17) is 0 Å². The highest BCUT2D eigenvalue weighted by atomic mass is 16.3. The molecule has 1 heterocycles. The molecule has 4 heteroatoms. The van der Waals surface area contributed by atoms with Gasteiger partial charge in [0.1, 0.15) is 0 Å². The van der Waals surface area contributed by atoms with Crippen LogP contribution in [0.1, 0.15) is 32.6 Å². The summed E-state index contributed by atoms with van der Waals surface area (Å²) in [7, 11) is 0. The Morgan fingerprint density at radius 3 is 2.50 bits per heavy atom. The molecule has 3 atom stereocenters. The van der Waals surface area contributed by atoms with E-state index in [1.54, 1.807) is 6.92 Å². The van der Waals surface area contributed by atoms with Crippen LogP contribution in [0, 0.1) is 5.92 Å². The van der Waals surface area contributed by atoms with Crippen LogP contribution in [0.2, 0.25) is 0 Å². The number of nitrogens with zero attached hydrogens (tertiary/aromatic N) is 1. The molecule has 1 saturated carbocycles. The van der Waals surface area contributed by atoms with E-state index in [1.807, 2.05) is 0 Å². The minimum absolute atomic E-state index is 0.110. The summed E-state index contributed by atoms with van der Waals surface area (Å²) in [6.07, 6.45) is 2.16. The molecule has 1 saturated heterocycles. The first-order valence-corrected chi connectivity index (χ1v) is 5.15. The predicted octanol–water partition coefficient (Wildman–Crippen LogP) is 0.295. The summed E-state index contributed by atoms with van der Waals surface area (Å²) in [6, 6.07) is -0.250. The Hall–Kier alpha value is -0.900. The molecule has 78 valence electrons. The van der Waals surface area contributed by atoms with Crippen LogP contribution in [0.4, 0.5) is 0 Å². The number of carbonyl (C=O) groups excluding carboxylic acids is 2. The van der Waals surface area contributed by atoms with Crippen LogP contribution in [-0.2, 0) is 9.59 Å². The van der Waals surface area contributed by atoms with E-state index in [0.717, 1.165) is 12.8 Å². The number of hydrogen-bond donors (Lipinski definition) is 1. The van der Waals surface area contributed by atoms with Crippen molar-refractivity contribution in [2.24, 2.45) is 5.92 Å². The van der Waals surface area contributed by atoms with Crippen molar-refractivity contribution < 1.29 is 14.7 Å². The number of carbonyl (C=O) groups is 2. The number of imide groups is 1. The van der Waals surface area contributed by atoms with E-state index >= 15 is 0 Å². The van der Waals surface area contributed by atoms with Gasteiger partial charge in [-0.25, -0.2) is 0 Å². The molecular formula is C10H15NO3. The van der Waals surface area contributed by atoms with Gasteiger partial charge < -0.3 is 5.11 Å². The molecule has 1 aliphatic heterocycles. The number of aliphatic hydroxyl groups is 1. The van der Waals surface area contributed by atoms with Crippen molar-refractivity contribution in [3.63, 3.8) is 0 Å². The zero-order chi connectivity index (χ0) is 10.3. The summed E-state index contributed by atoms with van der Waals surface area (Å²) in [4.78, 5) is 24.5. The van der Waals surface area contributed by atoms with Gasteiger partial charge in [0.25, 0.3) is 0 Å². The Bertz CT molecular complexity index is 277. The van der Waals surface area contributed by atoms with Crippen molar-refractivity contribution in [3.8, 4) is 0 Å². The lowest BCUT2D eigenvalue weighted by Crippen LogP contribution is -2.44. The lowest BCUT2D eigenvalue weighted by molar-refractivity contribution is -0.144. The highest BCUT2D eigenvalue weighted by Crippen LogP contribution is 2.30. The third-order valence-corrected chi connectivity index (χ3v) is 3.18. The van der Waals surface area contributed by atoms with Gasteiger partial charge in [-0.05, 0) is 19.3 Å². The van der Waals surface area contributed by atoms with Crippen molar-refractivity contribution in [1.82, 2.24) is 4.90 Å². The maximum Gasteiger partial charge on any atom is 0.232 e. The topological polar surface area (TPSA) is 57.6 Å². The average molecular weight is 197 g/mol. The van der Waals surface area contributed by atoms with Gasteiger partial charge in [-0.1, -0.05) is 6.92 Å². The fourth-order valence-corrected chi connectivity index (χ4v) is 2.38. The van der Waals surface area contributed by atoms with Crippen molar-refractivity contribution >= 4 is 11.8 Å². The molecule has 4 nitrogen and oxygen atoms in total. The van der Waals surface area contributed by atoms with Crippen LogP contribution in [0.3, 0.4) is 0 Å². The lowest BCUT2D eigenvalue weighted by Gasteiger charge is -2.24. The third kappa shape index (κ3) is 1.34. The van der Waals surface area contributed by atoms with Gasteiger partial charge in [0.05, 0.1) is 12.1 Å². The Labute approximate surface area is 82.9 Å². The molecule has 2 fully saturated rings. The summed E-state index contributed by atoms with van der Waals surface area (Å²) in [5.74, 6) is -0.426. The van der Waals surface area contributed by atoms with Crippen molar-refractivity contribution in [2.75, 3.05) is 0 Å². The smallest absolute Gasteiger partial charge is 0.232 e. The Kier molecular flexibility index (Phi) is 2.31. The second-order valence-corrected chi connectivity index (χ2v) is 4.27. The van der Waals surface area contributed by atoms with Gasteiger partial charge >= 0.3 is 0 Å². The molecule has 1 aliphatic carbocycles. The largest absolute Gasteiger partial charge is 0.391 e. The first kappa shape index (κ1) is 9.65. The Morgan fingerprint density at radius 2 is 2.07 bits per heavy atom. The van der Waals surface area contributed by atoms with Gasteiger partial charge in [-0.3, -0.25) is 14.5 Å². The molecule has 0 aromatic heterocycles. The Morgan fingerprint density at radius 1 is 1.36 bits per heavy atom. The van der Waals surface area contributed by atoms with E-state index in [1.165, 1.54) is 4.90 Å². The summed E-state index contributed by atoms with van der Waals surface area (Å²) in [5.41, 5.74) is 0. The van der Waals surface area contributed by atoms with Gasteiger partial charge in [-0.15, -0.1) is 0 Å². The SMILES string of the molecule is CC1CC(=O)N(C2CCCC2O)C1=O. The maximum absolute atomic E-state index is 11.6. The monoisotopic (exact) mass is 197 g/mol. The van der Waals surface area contributed by atoms with Gasteiger partial charge in [0, 0.05) is 12.3 Å². The van der Waals surface area contributed by atoms with E-state index in [9.17, 15) is 14.7 Å². The zero-order valence-corrected chi connectivity index (χ0v) is 8.27. The van der Waals surface area contributed by atoms with Crippen molar-refractivity contribution in [1.29, 1.82) is 0 Å². The molecule has 1 N–H and O–H groups in total. The molecule has 2 aliphatic rings. The van der Waals surface area contributed by atoms with Gasteiger partial charge in [-0.2, -0.15) is 0 Å². The first-order chi connectivity index (χ1) is 6.61. The van der Waals surface area contributed by atoms with Crippen LogP contribution in [0.15, 0.2) is 0 Å². The number of aliphatic hydroxyl groups excluding tert-OH is 1. The number of hydrogen-bond acceptors (Lipinski definition) is 3. The maximum atomic E-state index is 11.6. The minimum Gasteiger partial charge on any atom is -0.391 e. The van der Waals surface area contributed by atoms with Crippen LogP contribution in [-0.4, -0.2) is 34.0 Å². The molecule has 0 bridgehead atoms. The molecule has 2 rings (SSSR count). The molecule has 14 heavy (non-hydrogen) atoms. The molecule has 2 amide bonds. The summed E-state index contributed by atoms with van der Waals surface area (Å²) >= 11 is 0. The van der Waals surface area contributed by atoms with Crippen molar-refractivity contribution in [2.45, 2.75) is 44.8 Å². The highest BCUT2D eigenvalue weighted by molar-refractivity contribution is 6.03. The fraction of sp³-hybridized carbons (Fsp3) is 0.800. The Balaban J connectivity index is 2.17. The van der Waals surface area contributed by atoms with Gasteiger partial charge in [0.15, 0.2) is 0 Å². The van der Waals surface area contributed by atoms with Crippen LogP contribution >= 0.6 is 0 Å². The molecule has 0 radical (unpaired) electrons. The highest BCUT2D eigenvalue weighted by Gasteiger charge is 2.43. The number of rotatable bonds is 1. The molecule has 0 spiro atoms. The molecule has 0 aromatic rings. The molecule has 3 unspecified atom stereocenters. The van der Waals surface area contributed by atoms with Crippen LogP contribution in [0.25, 0.3) is 0 Å². The quantitative estimate of drug-likeness (QED) is 0.615. The lowest BCUT2D eigenvalue weighted by atomic mass is 10.1. The van der Waals surface area contributed by atoms with E-state index in [-0.39, 0.29) is 23.8 Å². The molecular weight excluding hydrogens is 182 g/mol. The summed E-state index contributed by atoms with van der Waals surface area (Å²) < 4.78 is 0. The fourth-order valence-electron chi connectivity index (χ4n) is 2.38. The summed E-state index contributed by atoms with van der Waals surface area (Å²) in [6.45, 7) is 1.77. The normalized spacial score (nSPS) is 38.4. The zero-order valence-electron chi connectivity index (χ0n) is 8.27. The molecule has 0 aromatic carbocycles. The first-order valence-electron chi connectivity index (χ1n) is 5.15. The predicted molar refractivity (Wildman–Crippen MR) is 49.3 cm³/mol. The van der Waals surface area contributed by atoms with Gasteiger partial charge in [0.2, 0.25) is 11.8 Å². The standard InChI is InChI=1S/C10H15NO3/c1-6-5-9(13)11(10(6)14)7-3-2-4-8(7)12/h6-8,12H,2-5H2,1H3. The second kappa shape index (κ2) is 3.35. The van der Waals surface area contributed by atoms with E-state index in [2.05, 4.69) is 0 Å². The third-order valence-electron chi connectivity index (χ3n) is 3.18. The second-order valence-electron chi connectivity index (χ2n) is 4.27. The van der Waals surface area contributed by atoms with E-state index in [0.29, 0.717) is 12.8 Å². The minimum atomic E-state index is -0.506. The number of amides is 2. The number of likely N-dealkylation sites (tertiary alicyclic amines) is 1. The van der Waals surface area contributed by atoms with E-state index < -0.39 is 6.10 Å². The summed E-state index contributed by atoms with van der Waals surface area (Å²) in [5, 5.41) is 9.63. The van der Waals surface area contributed by atoms with Crippen LogP contribution in [0.5, 0.6) is 0 Å².